The molecule has 4 nitrogen and oxygen atoms in total. The van der Waals surface area contributed by atoms with Gasteiger partial charge in [0.15, 0.2) is 0 Å². The van der Waals surface area contributed by atoms with E-state index in [1.165, 1.54) is 44.9 Å². The van der Waals surface area contributed by atoms with Crippen LogP contribution in [0.15, 0.2) is 0 Å². The second-order valence-electron chi connectivity index (χ2n) is 13.5. The number of rotatable bonds is 4. The van der Waals surface area contributed by atoms with Gasteiger partial charge in [0.05, 0.1) is 18.1 Å². The van der Waals surface area contributed by atoms with Gasteiger partial charge in [-0.3, -0.25) is 4.79 Å². The van der Waals surface area contributed by atoms with Crippen LogP contribution in [0, 0.1) is 58.2 Å². The van der Waals surface area contributed by atoms with Gasteiger partial charge in [-0.15, -0.1) is 0 Å². The van der Waals surface area contributed by atoms with Crippen molar-refractivity contribution in [2.24, 2.45) is 58.2 Å². The van der Waals surface area contributed by atoms with Crippen molar-refractivity contribution in [2.75, 3.05) is 0 Å². The molecule has 0 radical (unpaired) electrons. The largest absolute Gasteiger partial charge is 0.435 e. The summed E-state index contributed by atoms with van der Waals surface area (Å²) in [5, 5.41) is 10.3. The number of esters is 1. The molecule has 3 heterocycles. The van der Waals surface area contributed by atoms with Crippen LogP contribution in [0.25, 0.3) is 0 Å². The first-order chi connectivity index (χ1) is 15.8. The molecule has 3 unspecified atom stereocenters. The van der Waals surface area contributed by atoms with Crippen LogP contribution in [-0.2, 0) is 14.3 Å². The molecular weight excluding hydrogens is 412 g/mol. The van der Waals surface area contributed by atoms with Gasteiger partial charge in [0.1, 0.15) is 0 Å². The number of hydrogen-bond acceptors (Lipinski definition) is 4. The number of carbonyl (C=O) groups is 1. The Morgan fingerprint density at radius 1 is 1.03 bits per heavy atom. The van der Waals surface area contributed by atoms with E-state index in [0.717, 1.165) is 37.5 Å². The van der Waals surface area contributed by atoms with E-state index in [2.05, 4.69) is 27.7 Å². The van der Waals surface area contributed by atoms with E-state index in [0.29, 0.717) is 35.0 Å². The lowest BCUT2D eigenvalue weighted by Gasteiger charge is -2.65. The molecule has 4 saturated carbocycles. The third-order valence-corrected chi connectivity index (χ3v) is 12.4. The molecule has 0 aromatic heterocycles. The first-order valence-electron chi connectivity index (χ1n) is 14.3. The Balaban J connectivity index is 1.27. The number of ether oxygens (including phenoxy) is 2. The summed E-state index contributed by atoms with van der Waals surface area (Å²) in [6, 6.07) is 0. The average Bonchev–Trinajstić information content (AvgIpc) is 3.20. The van der Waals surface area contributed by atoms with Crippen molar-refractivity contribution in [3.63, 3.8) is 0 Å². The van der Waals surface area contributed by atoms with Gasteiger partial charge in [0, 0.05) is 5.41 Å². The predicted octanol–water partition coefficient (Wildman–Crippen LogP) is 5.96. The van der Waals surface area contributed by atoms with Crippen LogP contribution in [0.1, 0.15) is 98.3 Å². The molecule has 7 aliphatic rings. The summed E-state index contributed by atoms with van der Waals surface area (Å²) in [5.74, 6) is 4.58. The minimum Gasteiger partial charge on any atom is -0.435 e. The van der Waals surface area contributed by atoms with Gasteiger partial charge in [-0.2, -0.15) is 0 Å². The van der Waals surface area contributed by atoms with Crippen molar-refractivity contribution in [1.29, 1.82) is 0 Å². The molecule has 4 heteroatoms. The first-order valence-corrected chi connectivity index (χ1v) is 14.3. The maximum absolute atomic E-state index is 13.1. The van der Waals surface area contributed by atoms with E-state index in [1.807, 2.05) is 0 Å². The van der Waals surface area contributed by atoms with Gasteiger partial charge < -0.3 is 14.6 Å². The molecule has 7 rings (SSSR count). The topological polar surface area (TPSA) is 55.8 Å². The van der Waals surface area contributed by atoms with Crippen LogP contribution < -0.4 is 0 Å². The van der Waals surface area contributed by atoms with Crippen molar-refractivity contribution in [3.05, 3.63) is 0 Å². The highest BCUT2D eigenvalue weighted by Gasteiger charge is 2.72. The fraction of sp³-hybridized carbons (Fsp3) is 0.966. The van der Waals surface area contributed by atoms with Crippen LogP contribution >= 0.6 is 0 Å². The smallest absolute Gasteiger partial charge is 0.314 e. The SMILES string of the molecule is CCC(C[C@H]1OC2OC(=O)C1[C@H]1CC[C@H]3[C@@H]4CC[C@H]5C[C@@H](O)CC[C@]5(C)[C@H]4CC[C@]213)C(C)C. The number of fused-ring (bicyclic) bond motifs is 6. The summed E-state index contributed by atoms with van der Waals surface area (Å²) in [4.78, 5) is 13.1. The Morgan fingerprint density at radius 3 is 2.58 bits per heavy atom. The molecule has 3 saturated heterocycles. The molecular formula is C29H46O4. The summed E-state index contributed by atoms with van der Waals surface area (Å²) in [6.07, 6.45) is 12.5. The average molecular weight is 459 g/mol. The molecule has 2 bridgehead atoms. The molecule has 186 valence electrons. The van der Waals surface area contributed by atoms with Crippen molar-refractivity contribution < 1.29 is 19.4 Å². The zero-order valence-corrected chi connectivity index (χ0v) is 21.3. The number of hydrogen-bond donors (Lipinski definition) is 1. The minimum absolute atomic E-state index is 0.0406. The number of aliphatic hydroxyl groups excluding tert-OH is 1. The Morgan fingerprint density at radius 2 is 1.82 bits per heavy atom. The Bertz CT molecular complexity index is 780. The molecule has 1 spiro atoms. The van der Waals surface area contributed by atoms with E-state index in [-0.39, 0.29) is 35.8 Å². The fourth-order valence-corrected chi connectivity index (χ4v) is 10.7. The van der Waals surface area contributed by atoms with Crippen LogP contribution in [0.4, 0.5) is 0 Å². The molecule has 12 atom stereocenters. The van der Waals surface area contributed by atoms with Crippen molar-refractivity contribution in [2.45, 2.75) is 117 Å². The summed E-state index contributed by atoms with van der Waals surface area (Å²) in [5.41, 5.74) is 0.467. The standard InChI is InChI=1S/C29H46O4/c1-5-17(16(2)3)14-24-25-23-9-8-22-20-7-6-18-15-19(30)10-12-28(18,4)21(20)11-13-29(22,23)27(32-24)33-26(25)31/h16-25,27,30H,5-15H2,1-4H3/t17?,18-,19-,20+,21-,22-,23+,24+,25?,27?,28-,29+/m0/s1. The molecule has 0 aromatic carbocycles. The highest BCUT2D eigenvalue weighted by molar-refractivity contribution is 5.76. The quantitative estimate of drug-likeness (QED) is 0.528. The lowest BCUT2D eigenvalue weighted by molar-refractivity contribution is -0.338. The maximum Gasteiger partial charge on any atom is 0.314 e. The van der Waals surface area contributed by atoms with Crippen molar-refractivity contribution in [3.8, 4) is 0 Å². The van der Waals surface area contributed by atoms with E-state index in [9.17, 15) is 9.90 Å². The predicted molar refractivity (Wildman–Crippen MR) is 127 cm³/mol. The van der Waals surface area contributed by atoms with Gasteiger partial charge in [-0.25, -0.2) is 0 Å². The Labute approximate surface area is 200 Å². The molecule has 0 aromatic rings. The normalized spacial score (nSPS) is 53.6. The zero-order chi connectivity index (χ0) is 23.1. The lowest BCUT2D eigenvalue weighted by Crippen LogP contribution is -2.67. The highest BCUT2D eigenvalue weighted by Crippen LogP contribution is 2.72. The van der Waals surface area contributed by atoms with E-state index in [4.69, 9.17) is 9.47 Å². The van der Waals surface area contributed by atoms with Crippen molar-refractivity contribution in [1.82, 2.24) is 0 Å². The van der Waals surface area contributed by atoms with E-state index in [1.54, 1.807) is 0 Å². The summed E-state index contributed by atoms with van der Waals surface area (Å²) < 4.78 is 12.9. The third kappa shape index (κ3) is 3.11. The molecule has 7 fully saturated rings. The highest BCUT2D eigenvalue weighted by atomic mass is 16.7. The summed E-state index contributed by atoms with van der Waals surface area (Å²) >= 11 is 0. The van der Waals surface area contributed by atoms with Crippen molar-refractivity contribution >= 4 is 5.97 Å². The maximum atomic E-state index is 13.1. The van der Waals surface area contributed by atoms with Crippen LogP contribution in [0.3, 0.4) is 0 Å². The van der Waals surface area contributed by atoms with Gasteiger partial charge in [0.25, 0.3) is 0 Å². The Kier molecular flexibility index (Phi) is 5.50. The van der Waals surface area contributed by atoms with Gasteiger partial charge in [0.2, 0.25) is 6.29 Å². The summed E-state index contributed by atoms with van der Waals surface area (Å²) in [6.45, 7) is 9.45. The molecule has 33 heavy (non-hydrogen) atoms. The molecule has 4 aliphatic carbocycles. The molecule has 0 amide bonds. The second kappa shape index (κ2) is 7.95. The third-order valence-electron chi connectivity index (χ3n) is 12.4. The van der Waals surface area contributed by atoms with E-state index >= 15 is 0 Å². The lowest BCUT2D eigenvalue weighted by atomic mass is 9.43. The fourth-order valence-electron chi connectivity index (χ4n) is 10.7. The van der Waals surface area contributed by atoms with Crippen LogP contribution in [0.5, 0.6) is 0 Å². The Hall–Kier alpha value is -0.610. The van der Waals surface area contributed by atoms with Gasteiger partial charge in [-0.05, 0) is 111 Å². The van der Waals surface area contributed by atoms with Crippen LogP contribution in [-0.4, -0.2) is 29.6 Å². The van der Waals surface area contributed by atoms with Crippen LogP contribution in [0.2, 0.25) is 0 Å². The first kappa shape index (κ1) is 22.8. The van der Waals surface area contributed by atoms with Gasteiger partial charge in [-0.1, -0.05) is 34.1 Å². The summed E-state index contributed by atoms with van der Waals surface area (Å²) in [7, 11) is 0. The second-order valence-corrected chi connectivity index (χ2v) is 13.5. The molecule has 3 aliphatic heterocycles. The monoisotopic (exact) mass is 458 g/mol. The van der Waals surface area contributed by atoms with E-state index < -0.39 is 0 Å². The number of aliphatic hydroxyl groups is 1. The number of carbonyl (C=O) groups excluding carboxylic acids is 1. The zero-order valence-electron chi connectivity index (χ0n) is 21.3. The molecule has 1 N–H and O–H groups in total. The van der Waals surface area contributed by atoms with Gasteiger partial charge >= 0.3 is 5.97 Å². The minimum atomic E-state index is -0.304.